The molecule has 0 aliphatic carbocycles. The maximum Gasteiger partial charge on any atom is 0.137 e. The number of methoxy groups -OCH3 is 1. The zero-order valence-corrected chi connectivity index (χ0v) is 13.4. The van der Waals surface area contributed by atoms with Crippen LogP contribution in [0.25, 0.3) is 0 Å². The molecule has 1 N–H and O–H groups in total. The van der Waals surface area contributed by atoms with Gasteiger partial charge in [-0.1, -0.05) is 45.4 Å². The van der Waals surface area contributed by atoms with Gasteiger partial charge in [-0.3, -0.25) is 0 Å². The summed E-state index contributed by atoms with van der Waals surface area (Å²) in [6.45, 7) is 11.1. The standard InChI is InChI=1S/C16H26ClNO/c1-11(2)9-18-10-12(3)13(4)14-6-7-15(17)16(8-14)19-5/h6-8,11-13,18H,9-10H2,1-5H3. The van der Waals surface area contributed by atoms with Crippen LogP contribution in [0.5, 0.6) is 5.75 Å². The molecule has 0 bridgehead atoms. The average Bonchev–Trinajstić information content (AvgIpc) is 2.38. The first-order valence-electron chi connectivity index (χ1n) is 6.99. The van der Waals surface area contributed by atoms with Crippen molar-refractivity contribution in [2.45, 2.75) is 33.6 Å². The van der Waals surface area contributed by atoms with Crippen LogP contribution in [0.3, 0.4) is 0 Å². The monoisotopic (exact) mass is 283 g/mol. The van der Waals surface area contributed by atoms with Gasteiger partial charge in [-0.05, 0) is 48.5 Å². The largest absolute Gasteiger partial charge is 0.495 e. The molecule has 0 radical (unpaired) electrons. The van der Waals surface area contributed by atoms with Gasteiger partial charge in [0.15, 0.2) is 0 Å². The summed E-state index contributed by atoms with van der Waals surface area (Å²) < 4.78 is 5.28. The average molecular weight is 284 g/mol. The lowest BCUT2D eigenvalue weighted by Crippen LogP contribution is -2.27. The van der Waals surface area contributed by atoms with Gasteiger partial charge < -0.3 is 10.1 Å². The SMILES string of the molecule is COc1cc(C(C)C(C)CNCC(C)C)ccc1Cl. The number of rotatable bonds is 7. The molecule has 0 aromatic heterocycles. The Balaban J connectivity index is 2.63. The van der Waals surface area contributed by atoms with E-state index in [4.69, 9.17) is 16.3 Å². The van der Waals surface area contributed by atoms with E-state index in [0.29, 0.717) is 22.8 Å². The summed E-state index contributed by atoms with van der Waals surface area (Å²) in [5.41, 5.74) is 1.28. The molecule has 108 valence electrons. The molecule has 1 rings (SSSR count). The van der Waals surface area contributed by atoms with E-state index in [2.05, 4.69) is 39.1 Å². The van der Waals surface area contributed by atoms with E-state index in [1.54, 1.807) is 7.11 Å². The van der Waals surface area contributed by atoms with E-state index >= 15 is 0 Å². The number of nitrogens with one attached hydrogen (secondary N) is 1. The van der Waals surface area contributed by atoms with Gasteiger partial charge in [-0.2, -0.15) is 0 Å². The summed E-state index contributed by atoms with van der Waals surface area (Å²) in [6, 6.07) is 6.06. The summed E-state index contributed by atoms with van der Waals surface area (Å²) in [4.78, 5) is 0. The Morgan fingerprint density at radius 1 is 1.16 bits per heavy atom. The number of hydrogen-bond acceptors (Lipinski definition) is 2. The molecule has 1 aromatic rings. The third-order valence-corrected chi connectivity index (χ3v) is 3.89. The maximum absolute atomic E-state index is 6.06. The molecule has 0 spiro atoms. The molecule has 2 unspecified atom stereocenters. The quantitative estimate of drug-likeness (QED) is 0.804. The van der Waals surface area contributed by atoms with Crippen molar-refractivity contribution in [2.24, 2.45) is 11.8 Å². The minimum Gasteiger partial charge on any atom is -0.495 e. The van der Waals surface area contributed by atoms with Crippen molar-refractivity contribution >= 4 is 11.6 Å². The number of benzene rings is 1. The van der Waals surface area contributed by atoms with Crippen molar-refractivity contribution in [3.8, 4) is 5.75 Å². The highest BCUT2D eigenvalue weighted by Crippen LogP contribution is 2.31. The van der Waals surface area contributed by atoms with E-state index in [-0.39, 0.29) is 0 Å². The lowest BCUT2D eigenvalue weighted by atomic mass is 9.88. The van der Waals surface area contributed by atoms with E-state index < -0.39 is 0 Å². The fourth-order valence-corrected chi connectivity index (χ4v) is 2.26. The van der Waals surface area contributed by atoms with Gasteiger partial charge in [0.1, 0.15) is 5.75 Å². The lowest BCUT2D eigenvalue weighted by Gasteiger charge is -2.22. The molecule has 1 aromatic carbocycles. The Morgan fingerprint density at radius 3 is 2.42 bits per heavy atom. The highest BCUT2D eigenvalue weighted by Gasteiger charge is 2.15. The predicted octanol–water partition coefficient (Wildman–Crippen LogP) is 4.33. The minimum atomic E-state index is 0.478. The summed E-state index contributed by atoms with van der Waals surface area (Å²) in [5.74, 6) is 2.50. The van der Waals surface area contributed by atoms with Crippen LogP contribution in [0.2, 0.25) is 5.02 Å². The molecule has 0 heterocycles. The zero-order valence-electron chi connectivity index (χ0n) is 12.7. The minimum absolute atomic E-state index is 0.478. The van der Waals surface area contributed by atoms with Crippen LogP contribution in [0.1, 0.15) is 39.2 Å². The fourth-order valence-electron chi connectivity index (χ4n) is 2.06. The molecule has 0 saturated carbocycles. The van der Waals surface area contributed by atoms with Gasteiger partial charge in [-0.25, -0.2) is 0 Å². The number of ether oxygens (including phenoxy) is 1. The van der Waals surface area contributed by atoms with Crippen molar-refractivity contribution in [1.82, 2.24) is 5.32 Å². The van der Waals surface area contributed by atoms with E-state index in [9.17, 15) is 0 Å². The molecular weight excluding hydrogens is 258 g/mol. The Labute approximate surface area is 122 Å². The summed E-state index contributed by atoms with van der Waals surface area (Å²) in [6.07, 6.45) is 0. The third kappa shape index (κ3) is 5.04. The van der Waals surface area contributed by atoms with Gasteiger partial charge in [0.2, 0.25) is 0 Å². The first-order valence-corrected chi connectivity index (χ1v) is 7.37. The highest BCUT2D eigenvalue weighted by atomic mass is 35.5. The number of hydrogen-bond donors (Lipinski definition) is 1. The van der Waals surface area contributed by atoms with Crippen LogP contribution >= 0.6 is 11.6 Å². The van der Waals surface area contributed by atoms with Gasteiger partial charge in [0, 0.05) is 0 Å². The van der Waals surface area contributed by atoms with Crippen molar-refractivity contribution in [3.63, 3.8) is 0 Å². The van der Waals surface area contributed by atoms with Crippen LogP contribution in [0, 0.1) is 11.8 Å². The second-order valence-electron chi connectivity index (χ2n) is 5.71. The summed E-state index contributed by atoms with van der Waals surface area (Å²) in [5, 5.41) is 4.19. The van der Waals surface area contributed by atoms with Crippen molar-refractivity contribution in [2.75, 3.05) is 20.2 Å². The predicted molar refractivity (Wildman–Crippen MR) is 83.3 cm³/mol. The van der Waals surface area contributed by atoms with E-state index in [1.165, 1.54) is 5.56 Å². The Kier molecular flexibility index (Phi) is 6.67. The molecule has 2 atom stereocenters. The highest BCUT2D eigenvalue weighted by molar-refractivity contribution is 6.32. The second-order valence-corrected chi connectivity index (χ2v) is 6.12. The first-order chi connectivity index (χ1) is 8.95. The molecular formula is C16H26ClNO. The normalized spacial score (nSPS) is 14.5. The molecule has 0 aliphatic heterocycles. The molecule has 0 aliphatic rings. The van der Waals surface area contributed by atoms with Crippen molar-refractivity contribution < 1.29 is 4.74 Å². The topological polar surface area (TPSA) is 21.3 Å². The Hall–Kier alpha value is -0.730. The van der Waals surface area contributed by atoms with Gasteiger partial charge >= 0.3 is 0 Å². The zero-order chi connectivity index (χ0) is 14.4. The summed E-state index contributed by atoms with van der Waals surface area (Å²) in [7, 11) is 1.66. The van der Waals surface area contributed by atoms with Crippen LogP contribution < -0.4 is 10.1 Å². The third-order valence-electron chi connectivity index (χ3n) is 3.57. The van der Waals surface area contributed by atoms with E-state index in [1.807, 2.05) is 12.1 Å². The summed E-state index contributed by atoms with van der Waals surface area (Å²) >= 11 is 6.06. The van der Waals surface area contributed by atoms with Crippen LogP contribution in [-0.4, -0.2) is 20.2 Å². The van der Waals surface area contributed by atoms with Crippen LogP contribution in [0.15, 0.2) is 18.2 Å². The van der Waals surface area contributed by atoms with Gasteiger partial charge in [0.25, 0.3) is 0 Å². The fraction of sp³-hybridized carbons (Fsp3) is 0.625. The van der Waals surface area contributed by atoms with Crippen molar-refractivity contribution in [1.29, 1.82) is 0 Å². The Bertz CT molecular complexity index is 392. The second kappa shape index (κ2) is 7.76. The van der Waals surface area contributed by atoms with E-state index in [0.717, 1.165) is 18.8 Å². The molecule has 0 fully saturated rings. The van der Waals surface area contributed by atoms with Crippen LogP contribution in [0.4, 0.5) is 0 Å². The van der Waals surface area contributed by atoms with Crippen molar-refractivity contribution in [3.05, 3.63) is 28.8 Å². The van der Waals surface area contributed by atoms with Gasteiger partial charge in [-0.15, -0.1) is 0 Å². The molecule has 2 nitrogen and oxygen atoms in total. The lowest BCUT2D eigenvalue weighted by molar-refractivity contribution is 0.408. The Morgan fingerprint density at radius 2 is 1.84 bits per heavy atom. The smallest absolute Gasteiger partial charge is 0.137 e. The van der Waals surface area contributed by atoms with Crippen LogP contribution in [-0.2, 0) is 0 Å². The molecule has 0 saturated heterocycles. The number of halogens is 1. The van der Waals surface area contributed by atoms with Gasteiger partial charge in [0.05, 0.1) is 12.1 Å². The molecule has 0 amide bonds. The first kappa shape index (κ1) is 16.3. The molecule has 19 heavy (non-hydrogen) atoms. The maximum atomic E-state index is 6.06. The molecule has 3 heteroatoms.